The molecule has 0 bridgehead atoms. The molecule has 3 fully saturated rings. The van der Waals surface area contributed by atoms with Crippen molar-refractivity contribution >= 4 is 29.2 Å². The Balaban J connectivity index is 1.22. The third kappa shape index (κ3) is 4.71. The van der Waals surface area contributed by atoms with E-state index in [9.17, 15) is 14.4 Å². The van der Waals surface area contributed by atoms with Crippen LogP contribution in [0.1, 0.15) is 44.9 Å². The third-order valence-electron chi connectivity index (χ3n) is 6.23. The number of rotatable bonds is 6. The fourth-order valence-electron chi connectivity index (χ4n) is 4.64. The summed E-state index contributed by atoms with van der Waals surface area (Å²) in [4.78, 5) is 40.8. The Morgan fingerprint density at radius 2 is 1.72 bits per heavy atom. The first kappa shape index (κ1) is 19.7. The van der Waals surface area contributed by atoms with Crippen LogP contribution in [-0.2, 0) is 19.1 Å². The Morgan fingerprint density at radius 3 is 2.41 bits per heavy atom. The van der Waals surface area contributed by atoms with E-state index in [-0.39, 0.29) is 30.9 Å². The molecule has 2 aliphatic heterocycles. The van der Waals surface area contributed by atoms with Gasteiger partial charge >= 0.3 is 5.97 Å². The fourth-order valence-corrected chi connectivity index (χ4v) is 4.64. The van der Waals surface area contributed by atoms with Gasteiger partial charge < -0.3 is 19.9 Å². The molecule has 2 saturated heterocycles. The number of hydrogen-bond acceptors (Lipinski definition) is 5. The normalized spacial score (nSPS) is 22.3. The zero-order valence-corrected chi connectivity index (χ0v) is 16.8. The van der Waals surface area contributed by atoms with Crippen molar-refractivity contribution in [3.8, 4) is 0 Å². The van der Waals surface area contributed by atoms with Crippen LogP contribution in [0, 0.1) is 5.92 Å². The third-order valence-corrected chi connectivity index (χ3v) is 6.23. The highest BCUT2D eigenvalue weighted by Crippen LogP contribution is 2.30. The second kappa shape index (κ2) is 8.84. The molecular weight excluding hydrogens is 370 g/mol. The number of ether oxygens (including phenoxy) is 1. The van der Waals surface area contributed by atoms with Crippen LogP contribution in [0.4, 0.5) is 11.4 Å². The van der Waals surface area contributed by atoms with Crippen molar-refractivity contribution in [3.63, 3.8) is 0 Å². The maximum absolute atomic E-state index is 12.3. The number of amides is 2. The molecule has 0 aromatic heterocycles. The molecule has 0 unspecified atom stereocenters. The lowest BCUT2D eigenvalue weighted by molar-refractivity contribution is -0.151. The summed E-state index contributed by atoms with van der Waals surface area (Å²) in [5.41, 5.74) is 1.84. The van der Waals surface area contributed by atoms with Crippen molar-refractivity contribution in [2.24, 2.45) is 5.92 Å². The molecule has 3 aliphatic rings. The first-order chi connectivity index (χ1) is 14.1. The van der Waals surface area contributed by atoms with E-state index in [4.69, 9.17) is 4.74 Å². The summed E-state index contributed by atoms with van der Waals surface area (Å²) in [5.74, 6) is -1.26. The van der Waals surface area contributed by atoms with Crippen LogP contribution < -0.4 is 10.2 Å². The van der Waals surface area contributed by atoms with Gasteiger partial charge in [-0.2, -0.15) is 0 Å². The van der Waals surface area contributed by atoms with Gasteiger partial charge in [-0.15, -0.1) is 0 Å². The number of esters is 1. The minimum absolute atomic E-state index is 0.0291. The average Bonchev–Trinajstić information content (AvgIpc) is 3.48. The zero-order valence-electron chi connectivity index (χ0n) is 16.8. The Hall–Kier alpha value is -2.57. The quantitative estimate of drug-likeness (QED) is 0.744. The summed E-state index contributed by atoms with van der Waals surface area (Å²) in [6.07, 6.45) is 6.95. The Kier molecular flexibility index (Phi) is 6.02. The van der Waals surface area contributed by atoms with Gasteiger partial charge in [0.1, 0.15) is 0 Å². The Morgan fingerprint density at radius 1 is 1.03 bits per heavy atom. The summed E-state index contributed by atoms with van der Waals surface area (Å²) in [5, 5.41) is 2.76. The smallest absolute Gasteiger partial charge is 0.311 e. The van der Waals surface area contributed by atoms with E-state index >= 15 is 0 Å². The van der Waals surface area contributed by atoms with Gasteiger partial charge in [0.05, 0.1) is 5.92 Å². The molecule has 1 saturated carbocycles. The lowest BCUT2D eigenvalue weighted by Crippen LogP contribution is -2.35. The molecule has 7 nitrogen and oxygen atoms in total. The maximum atomic E-state index is 12.3. The highest BCUT2D eigenvalue weighted by molar-refractivity contribution is 5.93. The van der Waals surface area contributed by atoms with Crippen LogP contribution in [-0.4, -0.2) is 55.0 Å². The van der Waals surface area contributed by atoms with E-state index in [2.05, 4.69) is 10.2 Å². The molecule has 1 aliphatic carbocycles. The molecule has 7 heteroatoms. The molecule has 1 atom stereocenters. The average molecular weight is 399 g/mol. The van der Waals surface area contributed by atoms with Gasteiger partial charge in [0.2, 0.25) is 5.91 Å². The minimum Gasteiger partial charge on any atom is -0.455 e. The second-order valence-electron chi connectivity index (χ2n) is 8.28. The highest BCUT2D eigenvalue weighted by Gasteiger charge is 2.39. The number of nitrogens with one attached hydrogen (secondary N) is 1. The first-order valence-corrected chi connectivity index (χ1v) is 10.7. The zero-order chi connectivity index (χ0) is 20.2. The molecule has 2 heterocycles. The van der Waals surface area contributed by atoms with E-state index < -0.39 is 11.9 Å². The number of hydrogen-bond donors (Lipinski definition) is 1. The topological polar surface area (TPSA) is 79.0 Å². The molecule has 29 heavy (non-hydrogen) atoms. The molecule has 1 N–H and O–H groups in total. The van der Waals surface area contributed by atoms with E-state index in [1.165, 1.54) is 12.8 Å². The highest BCUT2D eigenvalue weighted by atomic mass is 16.5. The second-order valence-corrected chi connectivity index (χ2v) is 8.28. The summed E-state index contributed by atoms with van der Waals surface area (Å²) in [7, 11) is 0. The maximum Gasteiger partial charge on any atom is 0.311 e. The van der Waals surface area contributed by atoms with Crippen LogP contribution >= 0.6 is 0 Å². The number of likely N-dealkylation sites (tertiary alicyclic amines) is 1. The standard InChI is InChI=1S/C22H29N3O4/c26-20(23-17-7-9-18(10-8-17)24-11-3-4-12-24)15-29-22(28)16-13-21(27)25(14-16)19-5-1-2-6-19/h7-10,16,19H,1-6,11-15H2,(H,23,26)/t16-/m0/s1. The van der Waals surface area contributed by atoms with Gasteiger partial charge in [-0.3, -0.25) is 14.4 Å². The molecule has 2 amide bonds. The van der Waals surface area contributed by atoms with Crippen LogP contribution in [0.25, 0.3) is 0 Å². The number of benzene rings is 1. The Bertz CT molecular complexity index is 752. The van der Waals surface area contributed by atoms with Gasteiger partial charge in [0.25, 0.3) is 5.91 Å². The number of carbonyl (C=O) groups excluding carboxylic acids is 3. The molecule has 1 aromatic rings. The predicted molar refractivity (Wildman–Crippen MR) is 110 cm³/mol. The molecule has 0 spiro atoms. The summed E-state index contributed by atoms with van der Waals surface area (Å²) < 4.78 is 5.19. The number of nitrogens with zero attached hydrogens (tertiary/aromatic N) is 2. The van der Waals surface area contributed by atoms with Gasteiger partial charge in [-0.25, -0.2) is 0 Å². The van der Waals surface area contributed by atoms with Crippen LogP contribution in [0.15, 0.2) is 24.3 Å². The van der Waals surface area contributed by atoms with Crippen molar-refractivity contribution in [2.45, 2.75) is 51.0 Å². The molecular formula is C22H29N3O4. The van der Waals surface area contributed by atoms with E-state index in [1.807, 2.05) is 29.2 Å². The number of anilines is 2. The fraction of sp³-hybridized carbons (Fsp3) is 0.591. The van der Waals surface area contributed by atoms with Crippen molar-refractivity contribution in [1.82, 2.24) is 4.90 Å². The molecule has 156 valence electrons. The van der Waals surface area contributed by atoms with Crippen molar-refractivity contribution in [1.29, 1.82) is 0 Å². The lowest BCUT2D eigenvalue weighted by Gasteiger charge is -2.23. The minimum atomic E-state index is -0.462. The Labute approximate surface area is 171 Å². The van der Waals surface area contributed by atoms with Gasteiger partial charge in [-0.1, -0.05) is 12.8 Å². The van der Waals surface area contributed by atoms with Gasteiger partial charge in [0, 0.05) is 43.5 Å². The monoisotopic (exact) mass is 399 g/mol. The van der Waals surface area contributed by atoms with Crippen molar-refractivity contribution < 1.29 is 19.1 Å². The largest absolute Gasteiger partial charge is 0.455 e. The van der Waals surface area contributed by atoms with E-state index in [0.29, 0.717) is 12.2 Å². The van der Waals surface area contributed by atoms with Crippen LogP contribution in [0.5, 0.6) is 0 Å². The van der Waals surface area contributed by atoms with Crippen LogP contribution in [0.3, 0.4) is 0 Å². The van der Waals surface area contributed by atoms with Gasteiger partial charge in [-0.05, 0) is 49.9 Å². The first-order valence-electron chi connectivity index (χ1n) is 10.7. The molecule has 0 radical (unpaired) electrons. The van der Waals surface area contributed by atoms with Crippen LogP contribution in [0.2, 0.25) is 0 Å². The van der Waals surface area contributed by atoms with E-state index in [1.54, 1.807) is 0 Å². The predicted octanol–water partition coefficient (Wildman–Crippen LogP) is 2.56. The number of carbonyl (C=O) groups is 3. The molecule has 4 rings (SSSR count). The van der Waals surface area contributed by atoms with E-state index in [0.717, 1.165) is 44.5 Å². The summed E-state index contributed by atoms with van der Waals surface area (Å²) >= 11 is 0. The summed E-state index contributed by atoms with van der Waals surface area (Å²) in [6.45, 7) is 2.23. The van der Waals surface area contributed by atoms with Crippen molar-refractivity contribution in [2.75, 3.05) is 36.5 Å². The van der Waals surface area contributed by atoms with Crippen molar-refractivity contribution in [3.05, 3.63) is 24.3 Å². The summed E-state index contributed by atoms with van der Waals surface area (Å²) in [6, 6.07) is 7.99. The lowest BCUT2D eigenvalue weighted by atomic mass is 10.1. The van der Waals surface area contributed by atoms with Gasteiger partial charge in [0.15, 0.2) is 6.61 Å². The SMILES string of the molecule is O=C(COC(=O)[C@H]1CC(=O)N(C2CCCC2)C1)Nc1ccc(N2CCCC2)cc1. The molecule has 1 aromatic carbocycles.